The molecule has 0 saturated carbocycles. The van der Waals surface area contributed by atoms with Gasteiger partial charge in [-0.1, -0.05) is 42.5 Å². The molecule has 126 valence electrons. The molecule has 1 N–H and O–H groups in total. The fourth-order valence-corrected chi connectivity index (χ4v) is 2.71. The lowest BCUT2D eigenvalue weighted by molar-refractivity contribution is 0.102. The SMILES string of the molecule is O=C(Nc1cccnc1-n1cccn1)c1ccc(-c2ccccc2)cc1. The summed E-state index contributed by atoms with van der Waals surface area (Å²) in [6.07, 6.45) is 5.12. The molecule has 4 aromatic rings. The zero-order valence-electron chi connectivity index (χ0n) is 13.9. The second-order valence-corrected chi connectivity index (χ2v) is 5.72. The van der Waals surface area contributed by atoms with Crippen LogP contribution in [0, 0.1) is 0 Å². The normalized spacial score (nSPS) is 10.5. The van der Waals surface area contributed by atoms with Crippen molar-refractivity contribution in [3.05, 3.63) is 97.0 Å². The summed E-state index contributed by atoms with van der Waals surface area (Å²) in [6.45, 7) is 0. The quantitative estimate of drug-likeness (QED) is 0.606. The van der Waals surface area contributed by atoms with Crippen molar-refractivity contribution >= 4 is 11.6 Å². The monoisotopic (exact) mass is 340 g/mol. The Morgan fingerprint density at radius 1 is 0.808 bits per heavy atom. The van der Waals surface area contributed by atoms with Crippen molar-refractivity contribution in [3.63, 3.8) is 0 Å². The van der Waals surface area contributed by atoms with E-state index in [1.54, 1.807) is 35.4 Å². The van der Waals surface area contributed by atoms with Crippen LogP contribution in [0.25, 0.3) is 16.9 Å². The highest BCUT2D eigenvalue weighted by atomic mass is 16.1. The minimum absolute atomic E-state index is 0.189. The first-order valence-electron chi connectivity index (χ1n) is 8.23. The van der Waals surface area contributed by atoms with Crippen LogP contribution in [0.3, 0.4) is 0 Å². The first-order chi connectivity index (χ1) is 12.8. The molecule has 0 atom stereocenters. The second kappa shape index (κ2) is 7.03. The standard InChI is InChI=1S/C21H16N4O/c26-21(18-11-9-17(10-12-18)16-6-2-1-3-7-16)24-19-8-4-13-22-20(19)25-15-5-14-23-25/h1-15H,(H,24,26). The number of nitrogens with one attached hydrogen (secondary N) is 1. The zero-order valence-corrected chi connectivity index (χ0v) is 13.9. The van der Waals surface area contributed by atoms with Gasteiger partial charge in [-0.15, -0.1) is 0 Å². The summed E-state index contributed by atoms with van der Waals surface area (Å²) in [5, 5.41) is 7.09. The van der Waals surface area contributed by atoms with Crippen LogP contribution in [0.2, 0.25) is 0 Å². The Morgan fingerprint density at radius 2 is 1.58 bits per heavy atom. The number of hydrogen-bond acceptors (Lipinski definition) is 3. The fraction of sp³-hybridized carbons (Fsp3) is 0. The summed E-state index contributed by atoms with van der Waals surface area (Å²) in [5.41, 5.74) is 3.38. The topological polar surface area (TPSA) is 59.8 Å². The van der Waals surface area contributed by atoms with E-state index in [9.17, 15) is 4.79 Å². The Hall–Kier alpha value is -3.73. The van der Waals surface area contributed by atoms with Gasteiger partial charge in [0.1, 0.15) is 0 Å². The van der Waals surface area contributed by atoms with Gasteiger partial charge in [0.2, 0.25) is 0 Å². The average Bonchev–Trinajstić information content (AvgIpc) is 3.24. The van der Waals surface area contributed by atoms with Crippen LogP contribution >= 0.6 is 0 Å². The largest absolute Gasteiger partial charge is 0.319 e. The maximum Gasteiger partial charge on any atom is 0.255 e. The maximum absolute atomic E-state index is 12.6. The third kappa shape index (κ3) is 3.23. The molecule has 0 bridgehead atoms. The molecule has 0 aliphatic carbocycles. The Labute approximate surface area is 151 Å². The third-order valence-corrected chi connectivity index (χ3v) is 4.01. The Kier molecular flexibility index (Phi) is 4.26. The van der Waals surface area contributed by atoms with Crippen molar-refractivity contribution < 1.29 is 4.79 Å². The van der Waals surface area contributed by atoms with Gasteiger partial charge in [0.05, 0.1) is 5.69 Å². The van der Waals surface area contributed by atoms with Crippen LogP contribution in [0.4, 0.5) is 5.69 Å². The highest BCUT2D eigenvalue weighted by molar-refractivity contribution is 6.05. The molecular weight excluding hydrogens is 324 g/mol. The number of aromatic nitrogens is 3. The van der Waals surface area contributed by atoms with Gasteiger partial charge in [0.25, 0.3) is 5.91 Å². The van der Waals surface area contributed by atoms with Crippen LogP contribution in [0.15, 0.2) is 91.4 Å². The summed E-state index contributed by atoms with van der Waals surface area (Å²) < 4.78 is 1.62. The number of hydrogen-bond donors (Lipinski definition) is 1. The van der Waals surface area contributed by atoms with Crippen molar-refractivity contribution in [1.29, 1.82) is 0 Å². The zero-order chi connectivity index (χ0) is 17.8. The molecule has 5 heteroatoms. The lowest BCUT2D eigenvalue weighted by Gasteiger charge is -2.10. The molecular formula is C21H16N4O. The number of anilines is 1. The van der Waals surface area contributed by atoms with Crippen LogP contribution in [0.5, 0.6) is 0 Å². The highest BCUT2D eigenvalue weighted by Crippen LogP contribution is 2.21. The van der Waals surface area contributed by atoms with Crippen molar-refractivity contribution in [1.82, 2.24) is 14.8 Å². The van der Waals surface area contributed by atoms with E-state index in [2.05, 4.69) is 15.4 Å². The molecule has 2 aromatic carbocycles. The molecule has 0 unspecified atom stereocenters. The number of pyridine rings is 1. The van der Waals surface area contributed by atoms with Crippen molar-refractivity contribution in [2.45, 2.75) is 0 Å². The summed E-state index contributed by atoms with van der Waals surface area (Å²) in [4.78, 5) is 16.9. The molecule has 0 aliphatic rings. The molecule has 0 fully saturated rings. The van der Waals surface area contributed by atoms with Gasteiger partial charge >= 0.3 is 0 Å². The van der Waals surface area contributed by atoms with E-state index in [4.69, 9.17) is 0 Å². The molecule has 1 amide bonds. The van der Waals surface area contributed by atoms with E-state index in [-0.39, 0.29) is 5.91 Å². The van der Waals surface area contributed by atoms with Gasteiger partial charge in [-0.05, 0) is 41.5 Å². The maximum atomic E-state index is 12.6. The molecule has 4 rings (SSSR count). The van der Waals surface area contributed by atoms with E-state index in [0.717, 1.165) is 11.1 Å². The van der Waals surface area contributed by atoms with Crippen LogP contribution in [-0.4, -0.2) is 20.7 Å². The van der Waals surface area contributed by atoms with Gasteiger partial charge < -0.3 is 5.32 Å². The number of benzene rings is 2. The molecule has 5 nitrogen and oxygen atoms in total. The minimum atomic E-state index is -0.189. The van der Waals surface area contributed by atoms with Crippen molar-refractivity contribution in [2.24, 2.45) is 0 Å². The number of rotatable bonds is 4. The first-order valence-corrected chi connectivity index (χ1v) is 8.23. The highest BCUT2D eigenvalue weighted by Gasteiger charge is 2.11. The van der Waals surface area contributed by atoms with Crippen LogP contribution in [-0.2, 0) is 0 Å². The summed E-state index contributed by atoms with van der Waals surface area (Å²) in [6, 6.07) is 23.0. The predicted molar refractivity (Wildman–Crippen MR) is 101 cm³/mol. The van der Waals surface area contributed by atoms with Crippen LogP contribution in [0.1, 0.15) is 10.4 Å². The summed E-state index contributed by atoms with van der Waals surface area (Å²) >= 11 is 0. The van der Waals surface area contributed by atoms with Gasteiger partial charge in [-0.3, -0.25) is 4.79 Å². The number of carbonyl (C=O) groups excluding carboxylic acids is 1. The lowest BCUT2D eigenvalue weighted by Crippen LogP contribution is -2.14. The van der Waals surface area contributed by atoms with E-state index < -0.39 is 0 Å². The fourth-order valence-electron chi connectivity index (χ4n) is 2.71. The smallest absolute Gasteiger partial charge is 0.255 e. The number of nitrogens with zero attached hydrogens (tertiary/aromatic N) is 3. The Balaban J connectivity index is 1.56. The summed E-state index contributed by atoms with van der Waals surface area (Å²) in [5.74, 6) is 0.387. The molecule has 0 saturated heterocycles. The molecule has 0 radical (unpaired) electrons. The van der Waals surface area contributed by atoms with E-state index in [0.29, 0.717) is 17.1 Å². The number of amides is 1. The van der Waals surface area contributed by atoms with Crippen LogP contribution < -0.4 is 5.32 Å². The Bertz CT molecular complexity index is 1010. The third-order valence-electron chi connectivity index (χ3n) is 4.01. The van der Waals surface area contributed by atoms with E-state index >= 15 is 0 Å². The average molecular weight is 340 g/mol. The second-order valence-electron chi connectivity index (χ2n) is 5.72. The summed E-state index contributed by atoms with van der Waals surface area (Å²) in [7, 11) is 0. The number of carbonyl (C=O) groups is 1. The van der Waals surface area contributed by atoms with E-state index in [1.165, 1.54) is 0 Å². The molecule has 26 heavy (non-hydrogen) atoms. The molecule has 2 heterocycles. The van der Waals surface area contributed by atoms with Gasteiger partial charge in [0.15, 0.2) is 5.82 Å². The predicted octanol–water partition coefficient (Wildman–Crippen LogP) is 4.19. The lowest BCUT2D eigenvalue weighted by atomic mass is 10.0. The van der Waals surface area contributed by atoms with Gasteiger partial charge in [0, 0.05) is 24.2 Å². The van der Waals surface area contributed by atoms with Gasteiger partial charge in [-0.2, -0.15) is 5.10 Å². The Morgan fingerprint density at radius 3 is 2.31 bits per heavy atom. The van der Waals surface area contributed by atoms with Crippen molar-refractivity contribution in [3.8, 4) is 16.9 Å². The van der Waals surface area contributed by atoms with Gasteiger partial charge in [-0.25, -0.2) is 9.67 Å². The molecule has 2 aromatic heterocycles. The van der Waals surface area contributed by atoms with E-state index in [1.807, 2.05) is 60.7 Å². The first kappa shape index (κ1) is 15.8. The molecule has 0 spiro atoms. The molecule has 0 aliphatic heterocycles. The minimum Gasteiger partial charge on any atom is -0.319 e. The van der Waals surface area contributed by atoms with Crippen molar-refractivity contribution in [2.75, 3.05) is 5.32 Å².